The zero-order chi connectivity index (χ0) is 12.6. The van der Waals surface area contributed by atoms with Gasteiger partial charge in [-0.2, -0.15) is 0 Å². The molecule has 1 unspecified atom stereocenters. The lowest BCUT2D eigenvalue weighted by atomic mass is 9.86. The Hall–Kier alpha value is -1.36. The third-order valence-corrected chi connectivity index (χ3v) is 2.15. The summed E-state index contributed by atoms with van der Waals surface area (Å²) in [6, 6.07) is 0. The van der Waals surface area contributed by atoms with Gasteiger partial charge >= 0.3 is 5.97 Å². The number of aliphatic hydroxyl groups excluding tert-OH is 1. The molecule has 0 aromatic carbocycles. The van der Waals surface area contributed by atoms with Crippen LogP contribution in [0.15, 0.2) is 12.7 Å². The molecule has 92 valence electrons. The van der Waals surface area contributed by atoms with Gasteiger partial charge in [-0.25, -0.2) is 0 Å². The second-order valence-corrected chi connectivity index (χ2v) is 3.59. The van der Waals surface area contributed by atoms with Crippen LogP contribution in [0.5, 0.6) is 0 Å². The fourth-order valence-corrected chi connectivity index (χ4v) is 1.11. The highest BCUT2D eigenvalue weighted by Gasteiger charge is 2.33. The molecule has 0 aliphatic carbocycles. The van der Waals surface area contributed by atoms with Gasteiger partial charge in [0.25, 0.3) is 0 Å². The summed E-state index contributed by atoms with van der Waals surface area (Å²) < 4.78 is 4.86. The zero-order valence-electron chi connectivity index (χ0n) is 9.78. The number of hydrogen-bond acceptors (Lipinski definition) is 4. The fraction of sp³-hybridized carbons (Fsp3) is 0.636. The Kier molecular flexibility index (Phi) is 6.41. The van der Waals surface area contributed by atoms with Crippen molar-refractivity contribution >= 4 is 11.9 Å². The van der Waals surface area contributed by atoms with Crippen LogP contribution in [0.25, 0.3) is 0 Å². The molecule has 5 heteroatoms. The zero-order valence-corrected chi connectivity index (χ0v) is 9.78. The van der Waals surface area contributed by atoms with Crippen LogP contribution in [-0.4, -0.2) is 36.7 Å². The Morgan fingerprint density at radius 2 is 2.19 bits per heavy atom. The Morgan fingerprint density at radius 3 is 2.62 bits per heavy atom. The van der Waals surface area contributed by atoms with E-state index in [1.54, 1.807) is 13.8 Å². The lowest BCUT2D eigenvalue weighted by Gasteiger charge is -2.22. The number of hydrogen-bond donors (Lipinski definition) is 2. The average molecular weight is 229 g/mol. The van der Waals surface area contributed by atoms with Crippen LogP contribution in [0.4, 0.5) is 0 Å². The third kappa shape index (κ3) is 4.44. The summed E-state index contributed by atoms with van der Waals surface area (Å²) in [6.45, 7) is 7.15. The lowest BCUT2D eigenvalue weighted by Crippen LogP contribution is -2.36. The van der Waals surface area contributed by atoms with Crippen molar-refractivity contribution in [3.8, 4) is 0 Å². The molecule has 0 spiro atoms. The van der Waals surface area contributed by atoms with E-state index in [2.05, 4.69) is 11.9 Å². The maximum absolute atomic E-state index is 11.6. The van der Waals surface area contributed by atoms with Gasteiger partial charge < -0.3 is 15.2 Å². The molecule has 0 saturated carbocycles. The molecule has 2 N–H and O–H groups in total. The van der Waals surface area contributed by atoms with Gasteiger partial charge in [-0.15, -0.1) is 6.58 Å². The molecule has 16 heavy (non-hydrogen) atoms. The molecule has 0 heterocycles. The minimum atomic E-state index is -1.02. The summed E-state index contributed by atoms with van der Waals surface area (Å²) in [4.78, 5) is 23.0. The molecule has 0 aliphatic rings. The van der Waals surface area contributed by atoms with Gasteiger partial charge in [0.2, 0.25) is 5.91 Å². The molecule has 0 aliphatic heterocycles. The van der Waals surface area contributed by atoms with Gasteiger partial charge in [-0.3, -0.25) is 9.59 Å². The summed E-state index contributed by atoms with van der Waals surface area (Å²) >= 11 is 0. The first kappa shape index (κ1) is 14.6. The first-order valence-corrected chi connectivity index (χ1v) is 5.18. The quantitative estimate of drug-likeness (QED) is 0.484. The fourth-order valence-electron chi connectivity index (χ4n) is 1.11. The van der Waals surface area contributed by atoms with Crippen LogP contribution in [0.2, 0.25) is 0 Å². The van der Waals surface area contributed by atoms with Crippen molar-refractivity contribution in [3.63, 3.8) is 0 Å². The monoisotopic (exact) mass is 229 g/mol. The molecule has 0 aromatic rings. The third-order valence-electron chi connectivity index (χ3n) is 2.15. The van der Waals surface area contributed by atoms with Gasteiger partial charge in [0, 0.05) is 13.0 Å². The van der Waals surface area contributed by atoms with E-state index in [0.29, 0.717) is 0 Å². The van der Waals surface area contributed by atoms with Gasteiger partial charge in [0.15, 0.2) is 0 Å². The molecule has 5 nitrogen and oxygen atoms in total. The summed E-state index contributed by atoms with van der Waals surface area (Å²) in [5.41, 5.74) is -1.02. The highest BCUT2D eigenvalue weighted by molar-refractivity contribution is 5.87. The number of rotatable bonds is 7. The van der Waals surface area contributed by atoms with E-state index in [1.165, 1.54) is 6.08 Å². The first-order valence-electron chi connectivity index (χ1n) is 5.18. The van der Waals surface area contributed by atoms with Crippen molar-refractivity contribution in [1.29, 1.82) is 0 Å². The van der Waals surface area contributed by atoms with E-state index in [0.717, 1.165) is 0 Å². The van der Waals surface area contributed by atoms with E-state index in [9.17, 15) is 9.59 Å². The molecule has 0 fully saturated rings. The smallest absolute Gasteiger partial charge is 0.316 e. The Bertz CT molecular complexity index is 265. The lowest BCUT2D eigenvalue weighted by molar-refractivity contribution is -0.153. The van der Waals surface area contributed by atoms with Gasteiger partial charge in [-0.1, -0.05) is 6.08 Å². The predicted molar refractivity (Wildman–Crippen MR) is 59.6 cm³/mol. The largest absolute Gasteiger partial charge is 0.465 e. The van der Waals surface area contributed by atoms with Crippen molar-refractivity contribution in [2.24, 2.45) is 5.41 Å². The first-order chi connectivity index (χ1) is 7.50. The van der Waals surface area contributed by atoms with Crippen molar-refractivity contribution in [2.75, 3.05) is 19.8 Å². The van der Waals surface area contributed by atoms with Gasteiger partial charge in [-0.05, 0) is 13.8 Å². The normalized spacial score (nSPS) is 13.7. The Balaban J connectivity index is 4.41. The van der Waals surface area contributed by atoms with E-state index in [-0.39, 0.29) is 32.1 Å². The number of nitrogens with one attached hydrogen (secondary N) is 1. The van der Waals surface area contributed by atoms with Crippen LogP contribution < -0.4 is 5.32 Å². The predicted octanol–water partition coefficient (Wildman–Crippen LogP) is 0.240. The SMILES string of the molecule is C=CC(C)(CC(=O)NCCO)C(=O)OCC. The molecular weight excluding hydrogens is 210 g/mol. The van der Waals surface area contributed by atoms with E-state index >= 15 is 0 Å². The number of amides is 1. The van der Waals surface area contributed by atoms with Crippen LogP contribution in [0.1, 0.15) is 20.3 Å². The van der Waals surface area contributed by atoms with Crippen LogP contribution in [0, 0.1) is 5.41 Å². The molecule has 0 aromatic heterocycles. The second-order valence-electron chi connectivity index (χ2n) is 3.59. The molecule has 1 amide bonds. The molecule has 0 bridgehead atoms. The van der Waals surface area contributed by atoms with Crippen molar-refractivity contribution in [2.45, 2.75) is 20.3 Å². The van der Waals surface area contributed by atoms with E-state index in [4.69, 9.17) is 9.84 Å². The maximum atomic E-state index is 11.6. The molecule has 0 saturated heterocycles. The molecule has 0 radical (unpaired) electrons. The van der Waals surface area contributed by atoms with E-state index in [1.807, 2.05) is 0 Å². The highest BCUT2D eigenvalue weighted by Crippen LogP contribution is 2.24. The number of esters is 1. The van der Waals surface area contributed by atoms with Crippen LogP contribution in [-0.2, 0) is 14.3 Å². The number of aliphatic hydroxyl groups is 1. The van der Waals surface area contributed by atoms with Gasteiger partial charge in [0.1, 0.15) is 0 Å². The minimum absolute atomic E-state index is 0.0324. The number of carbonyl (C=O) groups excluding carboxylic acids is 2. The van der Waals surface area contributed by atoms with Crippen molar-refractivity contribution in [3.05, 3.63) is 12.7 Å². The second kappa shape index (κ2) is 7.00. The average Bonchev–Trinajstić information content (AvgIpc) is 2.26. The van der Waals surface area contributed by atoms with Gasteiger partial charge in [0.05, 0.1) is 18.6 Å². The summed E-state index contributed by atoms with van der Waals surface area (Å²) in [7, 11) is 0. The summed E-state index contributed by atoms with van der Waals surface area (Å²) in [5.74, 6) is -0.784. The summed E-state index contributed by atoms with van der Waals surface area (Å²) in [5, 5.41) is 11.0. The van der Waals surface area contributed by atoms with Crippen molar-refractivity contribution < 1.29 is 19.4 Å². The molecule has 1 atom stereocenters. The Morgan fingerprint density at radius 1 is 1.56 bits per heavy atom. The number of carbonyl (C=O) groups is 2. The van der Waals surface area contributed by atoms with Crippen molar-refractivity contribution in [1.82, 2.24) is 5.32 Å². The maximum Gasteiger partial charge on any atom is 0.316 e. The van der Waals surface area contributed by atoms with E-state index < -0.39 is 11.4 Å². The Labute approximate surface area is 95.5 Å². The summed E-state index contributed by atoms with van der Waals surface area (Å²) in [6.07, 6.45) is 1.37. The topological polar surface area (TPSA) is 75.6 Å². The molecular formula is C11H19NO4. The minimum Gasteiger partial charge on any atom is -0.465 e. The molecule has 0 rings (SSSR count). The van der Waals surface area contributed by atoms with Crippen LogP contribution in [0.3, 0.4) is 0 Å². The highest BCUT2D eigenvalue weighted by atomic mass is 16.5. The standard InChI is InChI=1S/C11H19NO4/c1-4-11(3,10(15)16-5-2)8-9(14)12-6-7-13/h4,13H,1,5-8H2,2-3H3,(H,12,14). The van der Waals surface area contributed by atoms with Crippen LogP contribution >= 0.6 is 0 Å². The number of ether oxygens (including phenoxy) is 1.